The Balaban J connectivity index is 1.27. The highest BCUT2D eigenvalue weighted by molar-refractivity contribution is 7.99. The summed E-state index contributed by atoms with van der Waals surface area (Å²) in [5.74, 6) is 1.08. The number of aromatic nitrogens is 3. The molecule has 178 valence electrons. The van der Waals surface area contributed by atoms with Crippen molar-refractivity contribution in [1.82, 2.24) is 15.2 Å². The Labute approximate surface area is 221 Å². The Bertz CT molecular complexity index is 1330. The molecule has 35 heavy (non-hydrogen) atoms. The van der Waals surface area contributed by atoms with Crippen LogP contribution in [0.25, 0.3) is 0 Å². The number of nitrogens with one attached hydrogen (secondary N) is 3. The number of benzene rings is 3. The van der Waals surface area contributed by atoms with E-state index in [1.165, 1.54) is 11.8 Å². The number of H-pyrrole nitrogens is 1. The molecule has 7 nitrogen and oxygen atoms in total. The van der Waals surface area contributed by atoms with E-state index >= 15 is 0 Å². The van der Waals surface area contributed by atoms with Crippen LogP contribution in [0.3, 0.4) is 0 Å². The summed E-state index contributed by atoms with van der Waals surface area (Å²) in [6.45, 7) is 0. The maximum absolute atomic E-state index is 12.6. The average Bonchev–Trinajstić information content (AvgIpc) is 3.31. The molecule has 3 N–H and O–H groups in total. The lowest BCUT2D eigenvalue weighted by Gasteiger charge is -2.11. The topological polar surface area (TPSA) is 95.1 Å². The van der Waals surface area contributed by atoms with Crippen molar-refractivity contribution in [3.63, 3.8) is 0 Å². The summed E-state index contributed by atoms with van der Waals surface area (Å²) in [7, 11) is 0. The summed E-state index contributed by atoms with van der Waals surface area (Å²) in [5.41, 5.74) is 5.41. The third kappa shape index (κ3) is 7.76. The third-order valence-corrected chi connectivity index (χ3v) is 7.11. The van der Waals surface area contributed by atoms with Crippen molar-refractivity contribution < 1.29 is 4.79 Å². The van der Waals surface area contributed by atoms with E-state index in [0.717, 1.165) is 26.7 Å². The van der Waals surface area contributed by atoms with E-state index in [1.807, 2.05) is 60.7 Å². The number of nitrogens with zero attached hydrogens (tertiary/aromatic N) is 3. The predicted octanol–water partition coefficient (Wildman–Crippen LogP) is 6.58. The Hall–Kier alpha value is -2.98. The SMILES string of the molecule is O=C(CSc1n[nH]c(N/N=C\c2cccc(Cl)c2)n1)Nc1ccccc1SCc1ccccc1Cl. The molecule has 4 aromatic rings. The Morgan fingerprint density at radius 3 is 2.71 bits per heavy atom. The minimum absolute atomic E-state index is 0.154. The van der Waals surface area contributed by atoms with Crippen LogP contribution >= 0.6 is 46.7 Å². The number of anilines is 2. The van der Waals surface area contributed by atoms with Gasteiger partial charge >= 0.3 is 0 Å². The fourth-order valence-corrected chi connectivity index (χ4v) is 4.99. The number of halogens is 2. The maximum Gasteiger partial charge on any atom is 0.240 e. The number of para-hydroxylation sites is 1. The average molecular weight is 544 g/mol. The molecule has 0 saturated carbocycles. The number of rotatable bonds is 10. The van der Waals surface area contributed by atoms with Gasteiger partial charge in [0.05, 0.1) is 17.7 Å². The first-order valence-electron chi connectivity index (χ1n) is 10.4. The van der Waals surface area contributed by atoms with E-state index in [9.17, 15) is 4.79 Å². The van der Waals surface area contributed by atoms with Crippen molar-refractivity contribution in [2.75, 3.05) is 16.5 Å². The molecule has 0 unspecified atom stereocenters. The van der Waals surface area contributed by atoms with Crippen LogP contribution in [0, 0.1) is 0 Å². The van der Waals surface area contributed by atoms with Gasteiger partial charge in [0, 0.05) is 20.7 Å². The van der Waals surface area contributed by atoms with E-state index in [2.05, 4.69) is 31.0 Å². The minimum Gasteiger partial charge on any atom is -0.324 e. The number of hydrazone groups is 1. The lowest BCUT2D eigenvalue weighted by Crippen LogP contribution is -2.14. The van der Waals surface area contributed by atoms with Crippen molar-refractivity contribution in [3.8, 4) is 0 Å². The van der Waals surface area contributed by atoms with Gasteiger partial charge in [-0.2, -0.15) is 10.1 Å². The van der Waals surface area contributed by atoms with Crippen LogP contribution < -0.4 is 10.7 Å². The van der Waals surface area contributed by atoms with Gasteiger partial charge in [-0.1, -0.05) is 77.4 Å². The molecule has 0 atom stereocenters. The van der Waals surface area contributed by atoms with Crippen LogP contribution in [0.2, 0.25) is 10.0 Å². The van der Waals surface area contributed by atoms with Gasteiger partial charge in [-0.15, -0.1) is 16.9 Å². The van der Waals surface area contributed by atoms with E-state index in [-0.39, 0.29) is 11.7 Å². The second-order valence-electron chi connectivity index (χ2n) is 7.10. The maximum atomic E-state index is 12.6. The molecule has 3 aromatic carbocycles. The molecule has 11 heteroatoms. The first-order chi connectivity index (χ1) is 17.1. The molecule has 0 saturated heterocycles. The summed E-state index contributed by atoms with van der Waals surface area (Å²) >= 11 is 15.1. The van der Waals surface area contributed by atoms with Crippen molar-refractivity contribution in [2.45, 2.75) is 15.8 Å². The van der Waals surface area contributed by atoms with Crippen LogP contribution in [0.4, 0.5) is 11.6 Å². The third-order valence-electron chi connectivity index (χ3n) is 4.53. The van der Waals surface area contributed by atoms with Gasteiger partial charge < -0.3 is 5.32 Å². The molecule has 0 radical (unpaired) electrons. The number of amides is 1. The lowest BCUT2D eigenvalue weighted by molar-refractivity contribution is -0.113. The Morgan fingerprint density at radius 2 is 1.86 bits per heavy atom. The van der Waals surface area contributed by atoms with Crippen LogP contribution in [-0.4, -0.2) is 33.1 Å². The van der Waals surface area contributed by atoms with Crippen molar-refractivity contribution in [2.24, 2.45) is 5.10 Å². The van der Waals surface area contributed by atoms with Crippen molar-refractivity contribution in [1.29, 1.82) is 0 Å². The first-order valence-corrected chi connectivity index (χ1v) is 13.1. The smallest absolute Gasteiger partial charge is 0.240 e. The Morgan fingerprint density at radius 1 is 1.03 bits per heavy atom. The molecule has 1 heterocycles. The number of hydrogen-bond acceptors (Lipinski definition) is 7. The van der Waals surface area contributed by atoms with Gasteiger partial charge in [0.25, 0.3) is 0 Å². The molecule has 4 rings (SSSR count). The molecular formula is C24H20Cl2N6OS2. The van der Waals surface area contributed by atoms with E-state index in [0.29, 0.717) is 21.9 Å². The molecule has 0 aliphatic rings. The summed E-state index contributed by atoms with van der Waals surface area (Å²) in [4.78, 5) is 17.8. The van der Waals surface area contributed by atoms with Crippen molar-refractivity contribution >= 4 is 70.5 Å². The number of carbonyl (C=O) groups excluding carboxylic acids is 1. The van der Waals surface area contributed by atoms with Gasteiger partial charge in [-0.3, -0.25) is 4.79 Å². The number of carbonyl (C=O) groups is 1. The zero-order valence-electron chi connectivity index (χ0n) is 18.2. The highest BCUT2D eigenvalue weighted by Gasteiger charge is 2.11. The number of thioether (sulfide) groups is 2. The quantitative estimate of drug-likeness (QED) is 0.119. The highest BCUT2D eigenvalue weighted by atomic mass is 35.5. The lowest BCUT2D eigenvalue weighted by atomic mass is 10.2. The molecular weight excluding hydrogens is 523 g/mol. The normalized spacial score (nSPS) is 11.0. The van der Waals surface area contributed by atoms with Gasteiger partial charge in [-0.05, 0) is 41.5 Å². The summed E-state index contributed by atoms with van der Waals surface area (Å²) in [6, 6.07) is 22.7. The van der Waals surface area contributed by atoms with Crippen molar-refractivity contribution in [3.05, 3.63) is 94.0 Å². The van der Waals surface area contributed by atoms with Gasteiger partial charge in [0.2, 0.25) is 17.0 Å². The molecule has 0 aliphatic carbocycles. The second kappa shape index (κ2) is 12.6. The fourth-order valence-electron chi connectivity index (χ4n) is 2.90. The molecule has 0 aliphatic heterocycles. The van der Waals surface area contributed by atoms with Crippen LogP contribution in [0.5, 0.6) is 0 Å². The predicted molar refractivity (Wildman–Crippen MR) is 146 cm³/mol. The molecule has 0 fully saturated rings. The molecule has 0 bridgehead atoms. The zero-order chi connectivity index (χ0) is 24.5. The zero-order valence-corrected chi connectivity index (χ0v) is 21.4. The largest absolute Gasteiger partial charge is 0.324 e. The number of hydrogen-bond donors (Lipinski definition) is 3. The fraction of sp³-hybridized carbons (Fsp3) is 0.0833. The minimum atomic E-state index is -0.154. The first kappa shape index (κ1) is 25.1. The molecule has 1 amide bonds. The Kier molecular flexibility index (Phi) is 9.08. The number of aromatic amines is 1. The van der Waals surface area contributed by atoms with Gasteiger partial charge in [0.1, 0.15) is 0 Å². The van der Waals surface area contributed by atoms with E-state index in [4.69, 9.17) is 23.2 Å². The van der Waals surface area contributed by atoms with E-state index < -0.39 is 0 Å². The standard InChI is InChI=1S/C24H20Cl2N6OS2/c25-18-8-5-6-16(12-18)13-27-30-23-29-24(32-31-23)35-15-22(33)28-20-10-3-4-11-21(20)34-14-17-7-1-2-9-19(17)26/h1-13H,14-15H2,(H,28,33)(H2,29,30,31,32)/b27-13-. The summed E-state index contributed by atoms with van der Waals surface area (Å²) in [5, 5.41) is 15.7. The molecule has 1 aromatic heterocycles. The highest BCUT2D eigenvalue weighted by Crippen LogP contribution is 2.32. The summed E-state index contributed by atoms with van der Waals surface area (Å²) < 4.78 is 0. The summed E-state index contributed by atoms with van der Waals surface area (Å²) in [6.07, 6.45) is 1.62. The molecule has 0 spiro atoms. The van der Waals surface area contributed by atoms with Crippen LogP contribution in [-0.2, 0) is 10.5 Å². The monoisotopic (exact) mass is 542 g/mol. The van der Waals surface area contributed by atoms with Gasteiger partial charge in [-0.25, -0.2) is 10.5 Å². The van der Waals surface area contributed by atoms with Gasteiger partial charge in [0.15, 0.2) is 0 Å². The van der Waals surface area contributed by atoms with Crippen LogP contribution in [0.15, 0.2) is 87.9 Å². The second-order valence-corrected chi connectivity index (χ2v) is 9.91. The van der Waals surface area contributed by atoms with Crippen LogP contribution in [0.1, 0.15) is 11.1 Å². The van der Waals surface area contributed by atoms with E-state index in [1.54, 1.807) is 30.1 Å².